The van der Waals surface area contributed by atoms with Crippen molar-refractivity contribution in [2.75, 3.05) is 0 Å². The molecule has 0 saturated carbocycles. The molecule has 0 bridgehead atoms. The van der Waals surface area contributed by atoms with Crippen molar-refractivity contribution in [1.82, 2.24) is 19.9 Å². The van der Waals surface area contributed by atoms with Gasteiger partial charge in [-0.1, -0.05) is 16.1 Å². The summed E-state index contributed by atoms with van der Waals surface area (Å²) in [5.74, 6) is 0. The molecule has 0 aliphatic carbocycles. The molecule has 5 nitrogen and oxygen atoms in total. The highest BCUT2D eigenvalue weighted by Crippen LogP contribution is 2.29. The van der Waals surface area contributed by atoms with E-state index in [1.807, 2.05) is 0 Å². The first-order valence-corrected chi connectivity index (χ1v) is 4.54. The van der Waals surface area contributed by atoms with Gasteiger partial charge in [-0.15, -0.1) is 5.10 Å². The van der Waals surface area contributed by atoms with Crippen LogP contribution < -0.4 is 0 Å². The Morgan fingerprint density at radius 1 is 1.23 bits per heavy atom. The first kappa shape index (κ1) is 7.16. The van der Waals surface area contributed by atoms with Crippen molar-refractivity contribution in [3.63, 3.8) is 0 Å². The summed E-state index contributed by atoms with van der Waals surface area (Å²) in [6.07, 6.45) is 0. The summed E-state index contributed by atoms with van der Waals surface area (Å²) in [5, 5.41) is 11.8. The monoisotopic (exact) mass is 212 g/mol. The fourth-order valence-corrected chi connectivity index (χ4v) is 2.04. The van der Waals surface area contributed by atoms with Gasteiger partial charge in [0.05, 0.1) is 9.72 Å². The van der Waals surface area contributed by atoms with Crippen LogP contribution >= 0.6 is 23.1 Å². The van der Waals surface area contributed by atoms with Crippen molar-refractivity contribution in [3.8, 4) is 0 Å². The number of hydrogen-bond donors (Lipinski definition) is 0. The van der Waals surface area contributed by atoms with Gasteiger partial charge in [-0.25, -0.2) is 4.63 Å². The Balaban J connectivity index is 2.70. The highest BCUT2D eigenvalue weighted by molar-refractivity contribution is 7.13. The van der Waals surface area contributed by atoms with E-state index in [0.717, 1.165) is 4.70 Å². The Morgan fingerprint density at radius 3 is 3.00 bits per heavy atom. The summed E-state index contributed by atoms with van der Waals surface area (Å²) in [6, 6.07) is 1.76. The minimum atomic E-state index is 0.509. The first-order chi connectivity index (χ1) is 6.36. The van der Waals surface area contributed by atoms with Gasteiger partial charge in [-0.05, 0) is 27.9 Å². The van der Waals surface area contributed by atoms with Crippen LogP contribution in [0.2, 0.25) is 5.02 Å². The zero-order valence-corrected chi connectivity index (χ0v) is 7.63. The zero-order valence-electron chi connectivity index (χ0n) is 6.06. The Kier molecular flexibility index (Phi) is 1.30. The van der Waals surface area contributed by atoms with Gasteiger partial charge >= 0.3 is 0 Å². The SMILES string of the molecule is Clc1cc2snnc2c2nonc12. The Labute approximate surface area is 80.4 Å². The topological polar surface area (TPSA) is 64.7 Å². The third kappa shape index (κ3) is 0.866. The predicted octanol–water partition coefficient (Wildman–Crippen LogP) is 1.88. The van der Waals surface area contributed by atoms with Gasteiger partial charge in [-0.2, -0.15) is 0 Å². The van der Waals surface area contributed by atoms with Crippen molar-refractivity contribution in [2.24, 2.45) is 0 Å². The number of rotatable bonds is 0. The minimum Gasteiger partial charge on any atom is -0.243 e. The van der Waals surface area contributed by atoms with E-state index in [-0.39, 0.29) is 0 Å². The molecule has 0 aliphatic heterocycles. The maximum atomic E-state index is 5.92. The molecule has 0 radical (unpaired) electrons. The maximum absolute atomic E-state index is 5.92. The van der Waals surface area contributed by atoms with Crippen LogP contribution in [-0.4, -0.2) is 19.9 Å². The second-order valence-electron chi connectivity index (χ2n) is 2.44. The van der Waals surface area contributed by atoms with Crippen molar-refractivity contribution in [3.05, 3.63) is 11.1 Å². The number of aromatic nitrogens is 4. The molecule has 0 N–H and O–H groups in total. The fourth-order valence-electron chi connectivity index (χ4n) is 1.14. The minimum absolute atomic E-state index is 0.509. The molecule has 0 aliphatic rings. The molecule has 2 heterocycles. The van der Waals surface area contributed by atoms with E-state index in [0.29, 0.717) is 21.6 Å². The molecule has 7 heteroatoms. The van der Waals surface area contributed by atoms with Gasteiger partial charge < -0.3 is 0 Å². The number of hydrogen-bond acceptors (Lipinski definition) is 6. The number of fused-ring (bicyclic) bond motifs is 3. The van der Waals surface area contributed by atoms with Crippen molar-refractivity contribution < 1.29 is 4.63 Å². The van der Waals surface area contributed by atoms with Gasteiger partial charge in [0, 0.05) is 0 Å². The van der Waals surface area contributed by atoms with Gasteiger partial charge in [-0.3, -0.25) is 0 Å². The summed E-state index contributed by atoms with van der Waals surface area (Å²) in [7, 11) is 0. The van der Waals surface area contributed by atoms with Gasteiger partial charge in [0.25, 0.3) is 0 Å². The molecule has 1 aromatic carbocycles. The molecule has 0 saturated heterocycles. The molecular formula is C6HClN4OS. The highest BCUT2D eigenvalue weighted by Gasteiger charge is 2.12. The van der Waals surface area contributed by atoms with Crippen LogP contribution in [-0.2, 0) is 0 Å². The molecule has 0 atom stereocenters. The fraction of sp³-hybridized carbons (Fsp3) is 0. The van der Waals surface area contributed by atoms with E-state index in [9.17, 15) is 0 Å². The van der Waals surface area contributed by atoms with Crippen LogP contribution in [0.5, 0.6) is 0 Å². The van der Waals surface area contributed by atoms with Crippen molar-refractivity contribution in [2.45, 2.75) is 0 Å². The van der Waals surface area contributed by atoms with Crippen LogP contribution in [0.15, 0.2) is 10.7 Å². The Bertz CT molecular complexity index is 588. The summed E-state index contributed by atoms with van der Waals surface area (Å²) in [6.45, 7) is 0. The number of halogens is 1. The van der Waals surface area contributed by atoms with Crippen molar-refractivity contribution in [1.29, 1.82) is 0 Å². The number of benzene rings is 1. The van der Waals surface area contributed by atoms with E-state index >= 15 is 0 Å². The van der Waals surface area contributed by atoms with E-state index < -0.39 is 0 Å². The second-order valence-corrected chi connectivity index (χ2v) is 3.63. The van der Waals surface area contributed by atoms with Crippen LogP contribution in [0.3, 0.4) is 0 Å². The molecule has 3 aromatic rings. The van der Waals surface area contributed by atoms with Crippen molar-refractivity contribution >= 4 is 44.4 Å². The number of nitrogens with zero attached hydrogens (tertiary/aromatic N) is 4. The first-order valence-electron chi connectivity index (χ1n) is 3.39. The lowest BCUT2D eigenvalue weighted by Crippen LogP contribution is -1.75. The largest absolute Gasteiger partial charge is 0.243 e. The molecule has 3 rings (SSSR count). The zero-order chi connectivity index (χ0) is 8.84. The highest BCUT2D eigenvalue weighted by atomic mass is 35.5. The summed E-state index contributed by atoms with van der Waals surface area (Å²) in [4.78, 5) is 0. The Morgan fingerprint density at radius 2 is 2.08 bits per heavy atom. The molecule has 0 spiro atoms. The third-order valence-corrected chi connectivity index (χ3v) is 2.67. The lowest BCUT2D eigenvalue weighted by Gasteiger charge is -1.88. The molecule has 13 heavy (non-hydrogen) atoms. The van der Waals surface area contributed by atoms with Gasteiger partial charge in [0.1, 0.15) is 5.52 Å². The van der Waals surface area contributed by atoms with E-state index in [2.05, 4.69) is 24.5 Å². The van der Waals surface area contributed by atoms with Crippen LogP contribution in [0, 0.1) is 0 Å². The summed E-state index contributed by atoms with van der Waals surface area (Å²) in [5.41, 5.74) is 1.78. The molecule has 0 amide bonds. The second kappa shape index (κ2) is 2.36. The molecule has 64 valence electrons. The molecule has 0 fully saturated rings. The lowest BCUT2D eigenvalue weighted by atomic mass is 10.3. The molecule has 2 aromatic heterocycles. The summed E-state index contributed by atoms with van der Waals surface area (Å²) < 4.78 is 9.25. The van der Waals surface area contributed by atoms with E-state index in [4.69, 9.17) is 11.6 Å². The normalized spacial score (nSPS) is 11.5. The predicted molar refractivity (Wildman–Crippen MR) is 47.8 cm³/mol. The average molecular weight is 213 g/mol. The van der Waals surface area contributed by atoms with Gasteiger partial charge in [0.15, 0.2) is 11.0 Å². The van der Waals surface area contributed by atoms with Crippen LogP contribution in [0.25, 0.3) is 21.3 Å². The van der Waals surface area contributed by atoms with Crippen LogP contribution in [0.4, 0.5) is 0 Å². The molecule has 0 unspecified atom stereocenters. The quantitative estimate of drug-likeness (QED) is 0.569. The third-order valence-electron chi connectivity index (χ3n) is 1.71. The maximum Gasteiger partial charge on any atom is 0.165 e. The average Bonchev–Trinajstić information content (AvgIpc) is 2.66. The van der Waals surface area contributed by atoms with Crippen LogP contribution in [0.1, 0.15) is 0 Å². The Hall–Kier alpha value is -1.27. The summed E-state index contributed by atoms with van der Waals surface area (Å²) >= 11 is 7.19. The van der Waals surface area contributed by atoms with E-state index in [1.54, 1.807) is 6.07 Å². The smallest absolute Gasteiger partial charge is 0.165 e. The lowest BCUT2D eigenvalue weighted by molar-refractivity contribution is 0.315. The van der Waals surface area contributed by atoms with Gasteiger partial charge in [0.2, 0.25) is 0 Å². The standard InChI is InChI=1S/C6HClN4OS/c7-2-1-3-5(8-11-13-3)6-4(2)9-12-10-6/h1H. The molecular weight excluding hydrogens is 212 g/mol. The van der Waals surface area contributed by atoms with E-state index in [1.165, 1.54) is 11.5 Å².